The zero-order valence-corrected chi connectivity index (χ0v) is 23.7. The third-order valence-electron chi connectivity index (χ3n) is 6.14. The lowest BCUT2D eigenvalue weighted by Crippen LogP contribution is -2.51. The highest BCUT2D eigenvalue weighted by molar-refractivity contribution is 7.92. The van der Waals surface area contributed by atoms with Crippen molar-refractivity contribution < 1.29 is 18.0 Å². The van der Waals surface area contributed by atoms with Crippen molar-refractivity contribution in [3.05, 3.63) is 94.5 Å². The van der Waals surface area contributed by atoms with E-state index >= 15 is 0 Å². The zero-order valence-electron chi connectivity index (χ0n) is 22.1. The van der Waals surface area contributed by atoms with Gasteiger partial charge in [0, 0.05) is 18.1 Å². The van der Waals surface area contributed by atoms with Crippen LogP contribution >= 0.6 is 11.6 Å². The van der Waals surface area contributed by atoms with Crippen molar-refractivity contribution in [1.82, 2.24) is 10.2 Å². The van der Waals surface area contributed by atoms with E-state index < -0.39 is 28.5 Å². The Bertz CT molecular complexity index is 1380. The molecule has 0 radical (unpaired) electrons. The van der Waals surface area contributed by atoms with Crippen LogP contribution in [0.3, 0.4) is 0 Å². The number of hydrogen-bond donors (Lipinski definition) is 1. The van der Waals surface area contributed by atoms with E-state index in [4.69, 9.17) is 11.6 Å². The van der Waals surface area contributed by atoms with Gasteiger partial charge in [-0.3, -0.25) is 13.9 Å². The van der Waals surface area contributed by atoms with Crippen molar-refractivity contribution in [2.75, 3.05) is 17.4 Å². The molecule has 3 rings (SSSR count). The van der Waals surface area contributed by atoms with Crippen molar-refractivity contribution in [3.8, 4) is 0 Å². The second kappa shape index (κ2) is 12.9. The topological polar surface area (TPSA) is 86.8 Å². The molecule has 1 N–H and O–H groups in total. The summed E-state index contributed by atoms with van der Waals surface area (Å²) < 4.78 is 28.7. The van der Waals surface area contributed by atoms with Crippen molar-refractivity contribution >= 4 is 39.1 Å². The van der Waals surface area contributed by atoms with Crippen molar-refractivity contribution in [2.24, 2.45) is 0 Å². The molecule has 0 heterocycles. The molecule has 3 aromatic carbocycles. The fraction of sp³-hybridized carbons (Fsp3) is 0.310. The normalized spacial score (nSPS) is 12.0. The van der Waals surface area contributed by atoms with E-state index in [2.05, 4.69) is 5.32 Å². The molecule has 7 nitrogen and oxygen atoms in total. The van der Waals surface area contributed by atoms with Crippen LogP contribution in [0, 0.1) is 13.8 Å². The highest BCUT2D eigenvalue weighted by Crippen LogP contribution is 2.26. The summed E-state index contributed by atoms with van der Waals surface area (Å²) in [6, 6.07) is 19.7. The number of amides is 2. The van der Waals surface area contributed by atoms with Crippen LogP contribution in [-0.2, 0) is 26.2 Å². The Labute approximate surface area is 230 Å². The molecule has 0 aliphatic heterocycles. The molecule has 0 bridgehead atoms. The molecule has 0 aliphatic rings. The van der Waals surface area contributed by atoms with Gasteiger partial charge in [0.1, 0.15) is 12.6 Å². The van der Waals surface area contributed by atoms with E-state index in [1.807, 2.05) is 32.9 Å². The first kappa shape index (κ1) is 29.2. The van der Waals surface area contributed by atoms with Crippen molar-refractivity contribution in [1.29, 1.82) is 0 Å². The third kappa shape index (κ3) is 7.36. The number of carbonyl (C=O) groups excluding carboxylic acids is 2. The van der Waals surface area contributed by atoms with Gasteiger partial charge in [-0.1, -0.05) is 60.5 Å². The van der Waals surface area contributed by atoms with Crippen LogP contribution in [-0.4, -0.2) is 44.3 Å². The van der Waals surface area contributed by atoms with E-state index in [0.717, 1.165) is 27.4 Å². The zero-order chi connectivity index (χ0) is 27.9. The van der Waals surface area contributed by atoms with Gasteiger partial charge in [0.2, 0.25) is 11.8 Å². The average Bonchev–Trinajstić information content (AvgIpc) is 2.88. The van der Waals surface area contributed by atoms with E-state index in [1.54, 1.807) is 55.5 Å². The molecule has 0 aromatic heterocycles. The third-order valence-corrected chi connectivity index (χ3v) is 8.16. The quantitative estimate of drug-likeness (QED) is 0.357. The van der Waals surface area contributed by atoms with Crippen LogP contribution in [0.25, 0.3) is 0 Å². The lowest BCUT2D eigenvalue weighted by molar-refractivity contribution is -0.139. The van der Waals surface area contributed by atoms with Crippen molar-refractivity contribution in [2.45, 2.75) is 51.6 Å². The summed E-state index contributed by atoms with van der Waals surface area (Å²) >= 11 is 6.17. The van der Waals surface area contributed by atoms with Gasteiger partial charge >= 0.3 is 0 Å². The van der Waals surface area contributed by atoms with E-state index in [0.29, 0.717) is 17.3 Å². The molecular formula is C29H34ClN3O4S. The Balaban J connectivity index is 2.02. The Morgan fingerprint density at radius 1 is 0.947 bits per heavy atom. The SMILES string of the molecule is CCCNC(=O)[C@H](C)N(Cc1cccc(Cl)c1)C(=O)CN(c1cccc(C)c1)S(=O)(=O)c1ccc(C)cc1. The van der Waals surface area contributed by atoms with Gasteiger partial charge < -0.3 is 10.2 Å². The maximum Gasteiger partial charge on any atom is 0.264 e. The van der Waals surface area contributed by atoms with Crippen LogP contribution in [0.5, 0.6) is 0 Å². The minimum absolute atomic E-state index is 0.0764. The fourth-order valence-electron chi connectivity index (χ4n) is 3.96. The summed E-state index contributed by atoms with van der Waals surface area (Å²) in [5.74, 6) is -0.827. The van der Waals surface area contributed by atoms with Gasteiger partial charge in [0.05, 0.1) is 10.6 Å². The predicted molar refractivity (Wildman–Crippen MR) is 152 cm³/mol. The molecule has 0 saturated carbocycles. The van der Waals surface area contributed by atoms with E-state index in [9.17, 15) is 18.0 Å². The molecule has 202 valence electrons. The Morgan fingerprint density at radius 3 is 2.26 bits per heavy atom. The number of halogens is 1. The largest absolute Gasteiger partial charge is 0.354 e. The molecule has 3 aromatic rings. The molecule has 0 spiro atoms. The van der Waals surface area contributed by atoms with Gasteiger partial charge in [-0.05, 0) is 74.7 Å². The van der Waals surface area contributed by atoms with Gasteiger partial charge in [-0.2, -0.15) is 0 Å². The number of anilines is 1. The molecule has 0 unspecified atom stereocenters. The number of benzene rings is 3. The molecule has 2 amide bonds. The van der Waals surface area contributed by atoms with Gasteiger partial charge in [0.15, 0.2) is 0 Å². The molecule has 0 saturated heterocycles. The van der Waals surface area contributed by atoms with Gasteiger partial charge in [-0.25, -0.2) is 8.42 Å². The fourth-order valence-corrected chi connectivity index (χ4v) is 5.58. The van der Waals surface area contributed by atoms with Crippen LogP contribution in [0.1, 0.15) is 37.0 Å². The van der Waals surface area contributed by atoms with E-state index in [1.165, 1.54) is 17.0 Å². The van der Waals surface area contributed by atoms with Crippen LogP contribution < -0.4 is 9.62 Å². The Morgan fingerprint density at radius 2 is 1.63 bits per heavy atom. The number of carbonyl (C=O) groups is 2. The Hall–Kier alpha value is -3.36. The molecule has 1 atom stereocenters. The maximum absolute atomic E-state index is 13.9. The average molecular weight is 556 g/mol. The number of nitrogens with one attached hydrogen (secondary N) is 1. The molecule has 9 heteroatoms. The first-order valence-electron chi connectivity index (χ1n) is 12.5. The van der Waals surface area contributed by atoms with Crippen LogP contribution in [0.15, 0.2) is 77.7 Å². The minimum atomic E-state index is -4.09. The first-order chi connectivity index (χ1) is 18.0. The molecule has 0 aliphatic carbocycles. The summed E-state index contributed by atoms with van der Waals surface area (Å²) in [5.41, 5.74) is 2.86. The maximum atomic E-state index is 13.9. The lowest BCUT2D eigenvalue weighted by Gasteiger charge is -2.32. The number of rotatable bonds is 11. The summed E-state index contributed by atoms with van der Waals surface area (Å²) in [4.78, 5) is 28.2. The number of aryl methyl sites for hydroxylation is 2. The number of hydrogen-bond acceptors (Lipinski definition) is 4. The second-order valence-electron chi connectivity index (χ2n) is 9.28. The lowest BCUT2D eigenvalue weighted by atomic mass is 10.1. The summed E-state index contributed by atoms with van der Waals surface area (Å²) in [5, 5.41) is 3.33. The second-order valence-corrected chi connectivity index (χ2v) is 11.6. The minimum Gasteiger partial charge on any atom is -0.354 e. The monoisotopic (exact) mass is 555 g/mol. The standard InChI is InChI=1S/C29H34ClN3O4S/c1-5-16-31-29(35)23(4)32(19-24-9-7-10-25(30)18-24)28(34)20-33(26-11-6-8-22(3)17-26)38(36,37)27-14-12-21(2)13-15-27/h6-15,17-18,23H,5,16,19-20H2,1-4H3,(H,31,35)/t23-/m0/s1. The van der Waals surface area contributed by atoms with Crippen LogP contribution in [0.2, 0.25) is 5.02 Å². The smallest absolute Gasteiger partial charge is 0.264 e. The van der Waals surface area contributed by atoms with E-state index in [-0.39, 0.29) is 17.3 Å². The number of nitrogens with zero attached hydrogens (tertiary/aromatic N) is 2. The van der Waals surface area contributed by atoms with Crippen LogP contribution in [0.4, 0.5) is 5.69 Å². The highest BCUT2D eigenvalue weighted by Gasteiger charge is 2.32. The summed E-state index contributed by atoms with van der Waals surface area (Å²) in [7, 11) is -4.09. The summed E-state index contributed by atoms with van der Waals surface area (Å²) in [6.45, 7) is 7.39. The predicted octanol–water partition coefficient (Wildman–Crippen LogP) is 5.10. The molecular weight excluding hydrogens is 522 g/mol. The molecule has 38 heavy (non-hydrogen) atoms. The molecule has 0 fully saturated rings. The van der Waals surface area contributed by atoms with Gasteiger partial charge in [0.25, 0.3) is 10.0 Å². The first-order valence-corrected chi connectivity index (χ1v) is 14.3. The Kier molecular flexibility index (Phi) is 9.94. The summed E-state index contributed by atoms with van der Waals surface area (Å²) in [6.07, 6.45) is 0.747. The highest BCUT2D eigenvalue weighted by atomic mass is 35.5. The van der Waals surface area contributed by atoms with Crippen molar-refractivity contribution in [3.63, 3.8) is 0 Å². The number of sulfonamides is 1. The van der Waals surface area contributed by atoms with Gasteiger partial charge in [-0.15, -0.1) is 0 Å².